The van der Waals surface area contributed by atoms with E-state index in [0.717, 1.165) is 6.42 Å². The Hall–Kier alpha value is -1.63. The summed E-state index contributed by atoms with van der Waals surface area (Å²) in [7, 11) is 1.77. The number of nitriles is 1. The van der Waals surface area contributed by atoms with E-state index in [1.165, 1.54) is 0 Å². The van der Waals surface area contributed by atoms with Crippen LogP contribution < -0.4 is 5.32 Å². The summed E-state index contributed by atoms with van der Waals surface area (Å²) in [6, 6.07) is 3.61. The van der Waals surface area contributed by atoms with Crippen LogP contribution in [0.1, 0.15) is 18.4 Å². The van der Waals surface area contributed by atoms with E-state index in [2.05, 4.69) is 15.3 Å². The number of aromatic nitrogens is 2. The molecule has 1 rings (SSSR count). The van der Waals surface area contributed by atoms with Gasteiger partial charge in [-0.1, -0.05) is 6.92 Å². The van der Waals surface area contributed by atoms with Crippen molar-refractivity contribution in [1.29, 1.82) is 5.26 Å². The van der Waals surface area contributed by atoms with Crippen LogP contribution in [-0.4, -0.2) is 17.0 Å². The van der Waals surface area contributed by atoms with Gasteiger partial charge in [0.1, 0.15) is 23.4 Å². The number of rotatable bonds is 2. The molecule has 1 N–H and O–H groups in total. The summed E-state index contributed by atoms with van der Waals surface area (Å²) in [5.41, 5.74) is 0.409. The summed E-state index contributed by atoms with van der Waals surface area (Å²) in [5, 5.41) is 11.5. The molecule has 1 aromatic rings. The van der Waals surface area contributed by atoms with Crippen molar-refractivity contribution in [2.45, 2.75) is 13.3 Å². The number of hydrogen-bond acceptors (Lipinski definition) is 4. The van der Waals surface area contributed by atoms with Gasteiger partial charge in [-0.15, -0.1) is 0 Å². The standard InChI is InChI=1S/C8H10N4/c1-3-7-11-6(5-9)4-8(10-2)12-7/h4H,3H2,1-2H3,(H,10,11,12). The second kappa shape index (κ2) is 3.67. The first-order valence-electron chi connectivity index (χ1n) is 3.76. The minimum absolute atomic E-state index is 0.409. The third kappa shape index (κ3) is 1.70. The maximum atomic E-state index is 8.61. The molecule has 1 heterocycles. The highest BCUT2D eigenvalue weighted by atomic mass is 15.0. The van der Waals surface area contributed by atoms with Gasteiger partial charge in [-0.25, -0.2) is 9.97 Å². The zero-order valence-electron chi connectivity index (χ0n) is 7.13. The Kier molecular flexibility index (Phi) is 2.59. The molecule has 0 radical (unpaired) electrons. The van der Waals surface area contributed by atoms with E-state index in [0.29, 0.717) is 17.3 Å². The zero-order chi connectivity index (χ0) is 8.97. The molecule has 0 amide bonds. The lowest BCUT2D eigenvalue weighted by atomic mass is 10.3. The highest BCUT2D eigenvalue weighted by Gasteiger charge is 2.00. The fraction of sp³-hybridized carbons (Fsp3) is 0.375. The maximum absolute atomic E-state index is 8.61. The molecule has 0 spiro atoms. The van der Waals surface area contributed by atoms with Gasteiger partial charge in [0.05, 0.1) is 0 Å². The normalized spacial score (nSPS) is 9.08. The average molecular weight is 162 g/mol. The molecule has 0 unspecified atom stereocenters. The molecule has 0 aromatic carbocycles. The SMILES string of the molecule is CCc1nc(C#N)cc(NC)n1. The largest absolute Gasteiger partial charge is 0.373 e. The van der Waals surface area contributed by atoms with E-state index in [4.69, 9.17) is 5.26 Å². The Morgan fingerprint density at radius 2 is 2.33 bits per heavy atom. The summed E-state index contributed by atoms with van der Waals surface area (Å²) in [5.74, 6) is 1.39. The summed E-state index contributed by atoms with van der Waals surface area (Å²) in [4.78, 5) is 8.15. The van der Waals surface area contributed by atoms with Crippen molar-refractivity contribution >= 4 is 5.82 Å². The predicted octanol–water partition coefficient (Wildman–Crippen LogP) is 0.952. The first kappa shape index (κ1) is 8.47. The third-order valence-corrected chi connectivity index (χ3v) is 1.46. The van der Waals surface area contributed by atoms with Gasteiger partial charge < -0.3 is 5.32 Å². The Labute approximate surface area is 71.3 Å². The monoisotopic (exact) mass is 162 g/mol. The number of hydrogen-bond donors (Lipinski definition) is 1. The smallest absolute Gasteiger partial charge is 0.146 e. The van der Waals surface area contributed by atoms with E-state index >= 15 is 0 Å². The Balaban J connectivity index is 3.12. The molecule has 12 heavy (non-hydrogen) atoms. The summed E-state index contributed by atoms with van der Waals surface area (Å²) in [6.45, 7) is 1.95. The van der Waals surface area contributed by atoms with E-state index in [1.807, 2.05) is 13.0 Å². The summed E-state index contributed by atoms with van der Waals surface area (Å²) in [6.07, 6.45) is 0.740. The molecule has 1 aromatic heterocycles. The predicted molar refractivity (Wildman–Crippen MR) is 45.7 cm³/mol. The molecule has 0 bridgehead atoms. The molecular weight excluding hydrogens is 152 g/mol. The molecular formula is C8H10N4. The first-order chi connectivity index (χ1) is 5.80. The zero-order valence-corrected chi connectivity index (χ0v) is 7.13. The van der Waals surface area contributed by atoms with E-state index < -0.39 is 0 Å². The molecule has 0 saturated heterocycles. The quantitative estimate of drug-likeness (QED) is 0.703. The van der Waals surface area contributed by atoms with Crippen LogP contribution in [0.3, 0.4) is 0 Å². The van der Waals surface area contributed by atoms with Gasteiger partial charge in [-0.3, -0.25) is 0 Å². The van der Waals surface area contributed by atoms with Crippen LogP contribution in [0.5, 0.6) is 0 Å². The van der Waals surface area contributed by atoms with Gasteiger partial charge in [0.15, 0.2) is 0 Å². The molecule has 0 aliphatic rings. The fourth-order valence-electron chi connectivity index (χ4n) is 0.841. The summed E-state index contributed by atoms with van der Waals surface area (Å²) >= 11 is 0. The highest BCUT2D eigenvalue weighted by molar-refractivity contribution is 5.39. The lowest BCUT2D eigenvalue weighted by Gasteiger charge is -2.01. The molecule has 0 aliphatic carbocycles. The molecule has 4 heteroatoms. The maximum Gasteiger partial charge on any atom is 0.146 e. The van der Waals surface area contributed by atoms with Gasteiger partial charge >= 0.3 is 0 Å². The Morgan fingerprint density at radius 3 is 2.83 bits per heavy atom. The van der Waals surface area contributed by atoms with Gasteiger partial charge in [0.2, 0.25) is 0 Å². The van der Waals surface area contributed by atoms with Crippen LogP contribution >= 0.6 is 0 Å². The molecule has 0 saturated carbocycles. The number of anilines is 1. The lowest BCUT2D eigenvalue weighted by Crippen LogP contribution is -2.00. The summed E-state index contributed by atoms with van der Waals surface area (Å²) < 4.78 is 0. The average Bonchev–Trinajstić information content (AvgIpc) is 2.16. The minimum atomic E-state index is 0.409. The van der Waals surface area contributed by atoms with Crippen molar-refractivity contribution in [3.63, 3.8) is 0 Å². The minimum Gasteiger partial charge on any atom is -0.373 e. The van der Waals surface area contributed by atoms with Crippen LogP contribution in [0.25, 0.3) is 0 Å². The van der Waals surface area contributed by atoms with E-state index in [-0.39, 0.29) is 0 Å². The van der Waals surface area contributed by atoms with Gasteiger partial charge in [-0.2, -0.15) is 5.26 Å². The number of nitrogens with zero attached hydrogens (tertiary/aromatic N) is 3. The molecule has 0 fully saturated rings. The van der Waals surface area contributed by atoms with Crippen molar-refractivity contribution in [2.75, 3.05) is 12.4 Å². The highest BCUT2D eigenvalue weighted by Crippen LogP contribution is 2.05. The van der Waals surface area contributed by atoms with Crippen LogP contribution in [-0.2, 0) is 6.42 Å². The van der Waals surface area contributed by atoms with E-state index in [1.54, 1.807) is 13.1 Å². The molecule has 4 nitrogen and oxygen atoms in total. The van der Waals surface area contributed by atoms with Crippen LogP contribution in [0, 0.1) is 11.3 Å². The molecule has 0 aliphatic heterocycles. The second-order valence-corrected chi connectivity index (χ2v) is 2.27. The second-order valence-electron chi connectivity index (χ2n) is 2.27. The van der Waals surface area contributed by atoms with Crippen molar-refractivity contribution in [3.8, 4) is 6.07 Å². The first-order valence-corrected chi connectivity index (χ1v) is 3.76. The van der Waals surface area contributed by atoms with Gasteiger partial charge in [0, 0.05) is 19.5 Å². The van der Waals surface area contributed by atoms with Gasteiger partial charge in [0.25, 0.3) is 0 Å². The Morgan fingerprint density at radius 1 is 1.58 bits per heavy atom. The van der Waals surface area contributed by atoms with Crippen molar-refractivity contribution in [3.05, 3.63) is 17.6 Å². The van der Waals surface area contributed by atoms with E-state index in [9.17, 15) is 0 Å². The van der Waals surface area contributed by atoms with Crippen molar-refractivity contribution < 1.29 is 0 Å². The van der Waals surface area contributed by atoms with Crippen LogP contribution in [0.15, 0.2) is 6.07 Å². The van der Waals surface area contributed by atoms with Gasteiger partial charge in [-0.05, 0) is 0 Å². The molecule has 62 valence electrons. The van der Waals surface area contributed by atoms with Crippen molar-refractivity contribution in [2.24, 2.45) is 0 Å². The van der Waals surface area contributed by atoms with Crippen LogP contribution in [0.4, 0.5) is 5.82 Å². The van der Waals surface area contributed by atoms with Crippen LogP contribution in [0.2, 0.25) is 0 Å². The molecule has 0 atom stereocenters. The fourth-order valence-corrected chi connectivity index (χ4v) is 0.841. The Bertz CT molecular complexity index is 291. The topological polar surface area (TPSA) is 61.6 Å². The lowest BCUT2D eigenvalue weighted by molar-refractivity contribution is 0.932. The number of nitrogens with one attached hydrogen (secondary N) is 1. The third-order valence-electron chi connectivity index (χ3n) is 1.46. The van der Waals surface area contributed by atoms with Crippen molar-refractivity contribution in [1.82, 2.24) is 9.97 Å². The number of aryl methyl sites for hydroxylation is 1.